The second-order valence-corrected chi connectivity index (χ2v) is 5.95. The molecule has 0 saturated heterocycles. The highest BCUT2D eigenvalue weighted by molar-refractivity contribution is 9.10. The van der Waals surface area contributed by atoms with E-state index in [0.717, 1.165) is 0 Å². The Morgan fingerprint density at radius 3 is 2.71 bits per heavy atom. The summed E-state index contributed by atoms with van der Waals surface area (Å²) in [6, 6.07) is 3.36. The van der Waals surface area contributed by atoms with E-state index in [1.54, 1.807) is 23.7 Å². The number of nitrogens with zero attached hydrogens (tertiary/aromatic N) is 2. The highest BCUT2D eigenvalue weighted by Gasteiger charge is 2.20. The Labute approximate surface area is 140 Å². The summed E-state index contributed by atoms with van der Waals surface area (Å²) in [6.07, 6.45) is 0. The first-order chi connectivity index (χ1) is 9.86. The summed E-state index contributed by atoms with van der Waals surface area (Å²) in [5, 5.41) is 7.51. The number of nitrogens with one attached hydrogen (secondary N) is 1. The minimum atomic E-state index is -0.379. The van der Waals surface area contributed by atoms with Gasteiger partial charge < -0.3 is 11.1 Å². The molecule has 0 radical (unpaired) electrons. The molecule has 112 valence electrons. The van der Waals surface area contributed by atoms with Gasteiger partial charge in [-0.15, -0.1) is 0 Å². The average molecular weight is 392 g/mol. The number of hydrogen-bond acceptors (Lipinski definition) is 3. The number of aryl methyl sites for hydroxylation is 2. The minimum absolute atomic E-state index is 0.261. The van der Waals surface area contributed by atoms with E-state index >= 15 is 0 Å². The van der Waals surface area contributed by atoms with E-state index in [1.165, 1.54) is 0 Å². The van der Waals surface area contributed by atoms with Crippen molar-refractivity contribution in [3.8, 4) is 0 Å². The van der Waals surface area contributed by atoms with Crippen molar-refractivity contribution < 1.29 is 4.79 Å². The number of rotatable bonds is 3. The van der Waals surface area contributed by atoms with Crippen LogP contribution >= 0.6 is 39.1 Å². The smallest absolute Gasteiger partial charge is 0.276 e. The summed E-state index contributed by atoms with van der Waals surface area (Å²) in [7, 11) is 0. The first-order valence-electron chi connectivity index (χ1n) is 6.14. The van der Waals surface area contributed by atoms with Crippen molar-refractivity contribution in [2.24, 2.45) is 0 Å². The van der Waals surface area contributed by atoms with Crippen LogP contribution in [0.15, 0.2) is 16.6 Å². The lowest BCUT2D eigenvalue weighted by atomic mass is 10.2. The maximum Gasteiger partial charge on any atom is 0.276 e. The summed E-state index contributed by atoms with van der Waals surface area (Å²) in [5.74, 6) is -0.379. The molecule has 0 aliphatic carbocycles. The third-order valence-corrected chi connectivity index (χ3v) is 4.74. The lowest BCUT2D eigenvalue weighted by molar-refractivity contribution is 0.101. The molecule has 2 aromatic rings. The van der Waals surface area contributed by atoms with Crippen LogP contribution in [0, 0.1) is 6.92 Å². The van der Waals surface area contributed by atoms with Gasteiger partial charge in [0.15, 0.2) is 0 Å². The molecule has 1 heterocycles. The molecule has 0 aliphatic rings. The number of anilines is 2. The Hall–Kier alpha value is -1.24. The largest absolute Gasteiger partial charge is 0.395 e. The van der Waals surface area contributed by atoms with Crippen molar-refractivity contribution in [3.63, 3.8) is 0 Å². The fraction of sp³-hybridized carbons (Fsp3) is 0.231. The first-order valence-corrected chi connectivity index (χ1v) is 7.69. The summed E-state index contributed by atoms with van der Waals surface area (Å²) in [4.78, 5) is 12.4. The highest BCUT2D eigenvalue weighted by atomic mass is 79.9. The van der Waals surface area contributed by atoms with E-state index in [9.17, 15) is 4.79 Å². The average Bonchev–Trinajstić information content (AvgIpc) is 2.75. The van der Waals surface area contributed by atoms with Crippen molar-refractivity contribution in [2.45, 2.75) is 20.4 Å². The van der Waals surface area contributed by atoms with Gasteiger partial charge in [0.25, 0.3) is 5.91 Å². The Morgan fingerprint density at radius 2 is 2.10 bits per heavy atom. The minimum Gasteiger partial charge on any atom is -0.395 e. The molecule has 0 unspecified atom stereocenters. The molecular weight excluding hydrogens is 379 g/mol. The number of amides is 1. The van der Waals surface area contributed by atoms with Crippen LogP contribution in [-0.4, -0.2) is 15.7 Å². The lowest BCUT2D eigenvalue weighted by Gasteiger charge is -2.10. The molecule has 8 heteroatoms. The number of aromatic nitrogens is 2. The third-order valence-electron chi connectivity index (χ3n) is 2.97. The second-order valence-electron chi connectivity index (χ2n) is 4.34. The maximum atomic E-state index is 12.4. The fourth-order valence-corrected chi connectivity index (χ4v) is 2.69. The molecule has 2 rings (SSSR count). The Balaban J connectivity index is 2.37. The molecule has 0 bridgehead atoms. The van der Waals surface area contributed by atoms with E-state index in [2.05, 4.69) is 26.3 Å². The van der Waals surface area contributed by atoms with Crippen LogP contribution in [0.1, 0.15) is 23.1 Å². The number of nitrogen functional groups attached to an aromatic ring is 1. The number of benzene rings is 1. The Morgan fingerprint density at radius 1 is 1.43 bits per heavy atom. The van der Waals surface area contributed by atoms with E-state index in [4.69, 9.17) is 28.9 Å². The predicted molar refractivity (Wildman–Crippen MR) is 89.2 cm³/mol. The zero-order chi connectivity index (χ0) is 15.7. The predicted octanol–water partition coefficient (Wildman–Crippen LogP) is 4.12. The number of carbonyl (C=O) groups excluding carboxylic acids is 1. The third kappa shape index (κ3) is 3.02. The molecule has 21 heavy (non-hydrogen) atoms. The van der Waals surface area contributed by atoms with E-state index < -0.39 is 0 Å². The zero-order valence-corrected chi connectivity index (χ0v) is 14.5. The Kier molecular flexibility index (Phi) is 4.81. The van der Waals surface area contributed by atoms with Crippen molar-refractivity contribution >= 4 is 56.4 Å². The molecule has 3 N–H and O–H groups in total. The maximum absolute atomic E-state index is 12.4. The van der Waals surface area contributed by atoms with E-state index in [1.807, 2.05) is 6.92 Å². The molecule has 0 fully saturated rings. The molecule has 1 amide bonds. The molecule has 1 aromatic carbocycles. The first kappa shape index (κ1) is 16.1. The van der Waals surface area contributed by atoms with Crippen molar-refractivity contribution in [2.75, 3.05) is 11.1 Å². The van der Waals surface area contributed by atoms with Gasteiger partial charge in [0.05, 0.1) is 27.1 Å². The van der Waals surface area contributed by atoms with Crippen LogP contribution in [0.25, 0.3) is 0 Å². The molecule has 0 aliphatic heterocycles. The normalized spacial score (nSPS) is 10.7. The van der Waals surface area contributed by atoms with Crippen LogP contribution < -0.4 is 11.1 Å². The highest BCUT2D eigenvalue weighted by Crippen LogP contribution is 2.36. The van der Waals surface area contributed by atoms with Crippen molar-refractivity contribution in [1.82, 2.24) is 9.78 Å². The summed E-state index contributed by atoms with van der Waals surface area (Å²) >= 11 is 15.4. The number of hydrogen-bond donors (Lipinski definition) is 2. The van der Waals surface area contributed by atoms with Gasteiger partial charge in [0, 0.05) is 11.0 Å². The summed E-state index contributed by atoms with van der Waals surface area (Å²) in [5.41, 5.74) is 7.61. The van der Waals surface area contributed by atoms with Gasteiger partial charge in [-0.05, 0) is 41.9 Å². The van der Waals surface area contributed by atoms with E-state index in [-0.39, 0.29) is 10.9 Å². The molecule has 1 aromatic heterocycles. The van der Waals surface area contributed by atoms with Crippen molar-refractivity contribution in [1.29, 1.82) is 0 Å². The summed E-state index contributed by atoms with van der Waals surface area (Å²) in [6.45, 7) is 4.17. The van der Waals surface area contributed by atoms with Crippen molar-refractivity contribution in [3.05, 3.63) is 38.0 Å². The SMILES string of the molecule is CCn1nc(C)c(N)c1C(=O)Nc1ccc(Br)c(Cl)c1Cl. The lowest BCUT2D eigenvalue weighted by Crippen LogP contribution is -2.19. The number of carbonyl (C=O) groups is 1. The second kappa shape index (κ2) is 6.25. The Bertz CT molecular complexity index is 715. The quantitative estimate of drug-likeness (QED) is 0.773. The van der Waals surface area contributed by atoms with Crippen LogP contribution in [0.3, 0.4) is 0 Å². The van der Waals surface area contributed by atoms with Crippen LogP contribution in [0.5, 0.6) is 0 Å². The molecule has 0 saturated carbocycles. The zero-order valence-electron chi connectivity index (χ0n) is 11.4. The molecule has 0 atom stereocenters. The summed E-state index contributed by atoms with van der Waals surface area (Å²) < 4.78 is 2.20. The monoisotopic (exact) mass is 390 g/mol. The topological polar surface area (TPSA) is 72.9 Å². The fourth-order valence-electron chi connectivity index (χ4n) is 1.87. The van der Waals surface area contributed by atoms with Gasteiger partial charge in [-0.3, -0.25) is 9.48 Å². The van der Waals surface area contributed by atoms with Gasteiger partial charge >= 0.3 is 0 Å². The van der Waals surface area contributed by atoms with E-state index in [0.29, 0.717) is 38.8 Å². The number of nitrogens with two attached hydrogens (primary N) is 1. The van der Waals surface area contributed by atoms with Gasteiger partial charge in [-0.1, -0.05) is 23.2 Å². The van der Waals surface area contributed by atoms with Gasteiger partial charge in [0.2, 0.25) is 0 Å². The molecule has 5 nitrogen and oxygen atoms in total. The number of halogens is 3. The standard InChI is InChI=1S/C13H13BrCl2N4O/c1-3-20-12(11(17)6(2)19-20)13(21)18-8-5-4-7(14)9(15)10(8)16/h4-5H,3,17H2,1-2H3,(H,18,21). The van der Waals surface area contributed by atoms with Gasteiger partial charge in [0.1, 0.15) is 5.69 Å². The van der Waals surface area contributed by atoms with Crippen LogP contribution in [-0.2, 0) is 6.54 Å². The molecule has 0 spiro atoms. The van der Waals surface area contributed by atoms with Gasteiger partial charge in [-0.25, -0.2) is 0 Å². The van der Waals surface area contributed by atoms with Crippen LogP contribution in [0.4, 0.5) is 11.4 Å². The molecular formula is C13H13BrCl2N4O. The van der Waals surface area contributed by atoms with Crippen LogP contribution in [0.2, 0.25) is 10.0 Å². The van der Waals surface area contributed by atoms with Gasteiger partial charge in [-0.2, -0.15) is 5.10 Å².